The predicted molar refractivity (Wildman–Crippen MR) is 117 cm³/mol. The Morgan fingerprint density at radius 3 is 2.32 bits per heavy atom. The summed E-state index contributed by atoms with van der Waals surface area (Å²) in [4.78, 5) is 4.58. The van der Waals surface area contributed by atoms with Crippen LogP contribution in [0.3, 0.4) is 0 Å². The third-order valence-corrected chi connectivity index (χ3v) is 5.70. The Hall–Kier alpha value is -2.05. The van der Waals surface area contributed by atoms with Gasteiger partial charge in [-0.1, -0.05) is 49.7 Å². The second-order valence-electron chi connectivity index (χ2n) is 7.67. The Bertz CT molecular complexity index is 923. The third kappa shape index (κ3) is 7.17. The maximum atomic E-state index is 11.5. The fourth-order valence-corrected chi connectivity index (χ4v) is 3.69. The van der Waals surface area contributed by atoms with E-state index in [2.05, 4.69) is 35.5 Å². The van der Waals surface area contributed by atoms with Crippen LogP contribution in [0.15, 0.2) is 58.4 Å². The second kappa shape index (κ2) is 9.43. The lowest BCUT2D eigenvalue weighted by atomic mass is 9.86. The van der Waals surface area contributed by atoms with Gasteiger partial charge in [0.1, 0.15) is 0 Å². The van der Waals surface area contributed by atoms with Gasteiger partial charge in [0.05, 0.1) is 4.90 Å². The number of rotatable bonds is 7. The molecule has 0 unspecified atom stereocenters. The highest BCUT2D eigenvalue weighted by Crippen LogP contribution is 2.22. The standard InChI is InChI=1S/C21H28ClN3O2S/c1-21(2,13-17-6-5-7-18(22)12-17)15-25-20(23-3)24-14-16-8-10-19(11-9-16)28(4,26)27/h5-12H,13-15H2,1-4H3,(H2,23,24,25). The van der Waals surface area contributed by atoms with Crippen molar-refractivity contribution < 1.29 is 8.42 Å². The smallest absolute Gasteiger partial charge is 0.191 e. The molecule has 0 bridgehead atoms. The van der Waals surface area contributed by atoms with E-state index in [0.717, 1.165) is 23.6 Å². The molecule has 0 spiro atoms. The SMILES string of the molecule is CN=C(NCc1ccc(S(C)(=O)=O)cc1)NCC(C)(C)Cc1cccc(Cl)c1. The van der Waals surface area contributed by atoms with E-state index in [9.17, 15) is 8.42 Å². The number of nitrogens with zero attached hydrogens (tertiary/aromatic N) is 1. The average Bonchev–Trinajstić information content (AvgIpc) is 2.61. The molecule has 0 radical (unpaired) electrons. The van der Waals surface area contributed by atoms with Gasteiger partial charge in [-0.25, -0.2) is 8.42 Å². The van der Waals surface area contributed by atoms with E-state index in [4.69, 9.17) is 11.6 Å². The Labute approximate surface area is 173 Å². The Kier molecular flexibility index (Phi) is 7.49. The zero-order valence-corrected chi connectivity index (χ0v) is 18.4. The lowest BCUT2D eigenvalue weighted by Crippen LogP contribution is -2.42. The third-order valence-electron chi connectivity index (χ3n) is 4.34. The summed E-state index contributed by atoms with van der Waals surface area (Å²) in [7, 11) is -1.45. The monoisotopic (exact) mass is 421 g/mol. The molecule has 2 aromatic rings. The first kappa shape index (κ1) is 22.2. The van der Waals surface area contributed by atoms with Crippen molar-refractivity contribution in [1.82, 2.24) is 10.6 Å². The molecule has 5 nitrogen and oxygen atoms in total. The van der Waals surface area contributed by atoms with Crippen molar-refractivity contribution in [3.05, 3.63) is 64.7 Å². The quantitative estimate of drug-likeness (QED) is 0.528. The number of benzene rings is 2. The lowest BCUT2D eigenvalue weighted by Gasteiger charge is -2.26. The first-order valence-corrected chi connectivity index (χ1v) is 11.3. The van der Waals surface area contributed by atoms with Crippen LogP contribution in [0.25, 0.3) is 0 Å². The molecule has 0 fully saturated rings. The van der Waals surface area contributed by atoms with Crippen LogP contribution in [0, 0.1) is 5.41 Å². The molecule has 152 valence electrons. The van der Waals surface area contributed by atoms with Gasteiger partial charge in [0.25, 0.3) is 0 Å². The fourth-order valence-electron chi connectivity index (χ4n) is 2.85. The van der Waals surface area contributed by atoms with E-state index in [1.54, 1.807) is 31.3 Å². The minimum atomic E-state index is -3.17. The van der Waals surface area contributed by atoms with Gasteiger partial charge >= 0.3 is 0 Å². The Morgan fingerprint density at radius 2 is 1.75 bits per heavy atom. The summed E-state index contributed by atoms with van der Waals surface area (Å²) in [6.07, 6.45) is 2.10. The summed E-state index contributed by atoms with van der Waals surface area (Å²) >= 11 is 6.08. The minimum absolute atomic E-state index is 0.0133. The molecular formula is C21H28ClN3O2S. The number of sulfone groups is 1. The van der Waals surface area contributed by atoms with E-state index in [1.165, 1.54) is 11.8 Å². The number of guanidine groups is 1. The molecule has 0 aliphatic heterocycles. The van der Waals surface area contributed by atoms with Crippen LogP contribution < -0.4 is 10.6 Å². The van der Waals surface area contributed by atoms with Crippen molar-refractivity contribution in [2.45, 2.75) is 31.7 Å². The molecule has 2 aromatic carbocycles. The van der Waals surface area contributed by atoms with Crippen LogP contribution in [-0.2, 0) is 22.8 Å². The van der Waals surface area contributed by atoms with Crippen LogP contribution >= 0.6 is 11.6 Å². The normalized spacial score (nSPS) is 12.7. The van der Waals surface area contributed by atoms with E-state index >= 15 is 0 Å². The molecule has 0 aliphatic carbocycles. The number of aliphatic imine (C=N–C) groups is 1. The first-order valence-electron chi connectivity index (χ1n) is 9.07. The molecule has 0 aromatic heterocycles. The molecule has 0 heterocycles. The maximum Gasteiger partial charge on any atom is 0.191 e. The van der Waals surface area contributed by atoms with E-state index < -0.39 is 9.84 Å². The molecule has 7 heteroatoms. The van der Waals surface area contributed by atoms with E-state index in [1.807, 2.05) is 18.2 Å². The van der Waals surface area contributed by atoms with Gasteiger partial charge in [0.2, 0.25) is 0 Å². The molecular weight excluding hydrogens is 394 g/mol. The summed E-state index contributed by atoms with van der Waals surface area (Å²) in [6, 6.07) is 14.8. The van der Waals surface area contributed by atoms with Crippen molar-refractivity contribution >= 4 is 27.4 Å². The van der Waals surface area contributed by atoms with Gasteiger partial charge in [-0.2, -0.15) is 0 Å². The van der Waals surface area contributed by atoms with Gasteiger partial charge < -0.3 is 10.6 Å². The maximum absolute atomic E-state index is 11.5. The van der Waals surface area contributed by atoms with Crippen LogP contribution in [0.5, 0.6) is 0 Å². The second-order valence-corrected chi connectivity index (χ2v) is 10.1. The van der Waals surface area contributed by atoms with Crippen molar-refractivity contribution in [2.24, 2.45) is 10.4 Å². The van der Waals surface area contributed by atoms with Crippen LogP contribution in [-0.4, -0.2) is 34.2 Å². The molecule has 0 aliphatic rings. The topological polar surface area (TPSA) is 70.6 Å². The molecule has 0 atom stereocenters. The summed E-state index contributed by atoms with van der Waals surface area (Å²) in [5.41, 5.74) is 2.20. The van der Waals surface area contributed by atoms with Crippen LogP contribution in [0.4, 0.5) is 0 Å². The first-order chi connectivity index (χ1) is 13.1. The summed E-state index contributed by atoms with van der Waals surface area (Å²) in [5.74, 6) is 0.700. The summed E-state index contributed by atoms with van der Waals surface area (Å²) < 4.78 is 23.1. The highest BCUT2D eigenvalue weighted by molar-refractivity contribution is 7.90. The zero-order valence-electron chi connectivity index (χ0n) is 16.8. The van der Waals surface area contributed by atoms with Gasteiger partial charge in [0.15, 0.2) is 15.8 Å². The van der Waals surface area contributed by atoms with Gasteiger partial charge in [-0.05, 0) is 47.2 Å². The number of hydrogen-bond acceptors (Lipinski definition) is 3. The van der Waals surface area contributed by atoms with Crippen molar-refractivity contribution in [3.8, 4) is 0 Å². The number of hydrogen-bond donors (Lipinski definition) is 2. The average molecular weight is 422 g/mol. The van der Waals surface area contributed by atoms with Gasteiger partial charge in [-0.15, -0.1) is 0 Å². The molecule has 0 amide bonds. The molecule has 2 N–H and O–H groups in total. The number of halogens is 1. The van der Waals surface area contributed by atoms with Gasteiger partial charge in [0, 0.05) is 31.4 Å². The van der Waals surface area contributed by atoms with E-state index in [0.29, 0.717) is 17.4 Å². The fraction of sp³-hybridized carbons (Fsp3) is 0.381. The molecule has 28 heavy (non-hydrogen) atoms. The van der Waals surface area contributed by atoms with Gasteiger partial charge in [-0.3, -0.25) is 4.99 Å². The largest absolute Gasteiger partial charge is 0.356 e. The Morgan fingerprint density at radius 1 is 1.07 bits per heavy atom. The zero-order chi connectivity index (χ0) is 20.8. The molecule has 0 saturated heterocycles. The highest BCUT2D eigenvalue weighted by Gasteiger charge is 2.19. The summed E-state index contributed by atoms with van der Waals surface area (Å²) in [5, 5.41) is 7.37. The number of nitrogens with one attached hydrogen (secondary N) is 2. The molecule has 0 saturated carbocycles. The minimum Gasteiger partial charge on any atom is -0.356 e. The summed E-state index contributed by atoms with van der Waals surface area (Å²) in [6.45, 7) is 5.68. The van der Waals surface area contributed by atoms with E-state index in [-0.39, 0.29) is 5.41 Å². The van der Waals surface area contributed by atoms with Crippen molar-refractivity contribution in [3.63, 3.8) is 0 Å². The Balaban J connectivity index is 1.88. The van der Waals surface area contributed by atoms with Crippen LogP contribution in [0.2, 0.25) is 5.02 Å². The van der Waals surface area contributed by atoms with Crippen molar-refractivity contribution in [2.75, 3.05) is 19.8 Å². The van der Waals surface area contributed by atoms with Crippen molar-refractivity contribution in [1.29, 1.82) is 0 Å². The highest BCUT2D eigenvalue weighted by atomic mass is 35.5. The van der Waals surface area contributed by atoms with Crippen LogP contribution in [0.1, 0.15) is 25.0 Å². The predicted octanol–water partition coefficient (Wildman–Crippen LogP) is 3.68. The lowest BCUT2D eigenvalue weighted by molar-refractivity contribution is 0.359. The molecule has 2 rings (SSSR count).